The first kappa shape index (κ1) is 21.5. The molecule has 126 valence electrons. The van der Waals surface area contributed by atoms with Gasteiger partial charge >= 0.3 is 6.18 Å². The number of alkyl halides is 3. The van der Waals surface area contributed by atoms with Gasteiger partial charge in [0.05, 0.1) is 16.6 Å². The smallest absolute Gasteiger partial charge is 0.314 e. The second-order valence-electron chi connectivity index (χ2n) is 4.70. The lowest BCUT2D eigenvalue weighted by molar-refractivity contribution is -0.137. The van der Waals surface area contributed by atoms with Crippen molar-refractivity contribution in [3.05, 3.63) is 47.0 Å². The Morgan fingerprint density at radius 3 is 2.32 bits per heavy atom. The van der Waals surface area contributed by atoms with E-state index >= 15 is 0 Å². The molecule has 1 aliphatic heterocycles. The molecule has 1 atom stereocenters. The Morgan fingerprint density at radius 2 is 1.82 bits per heavy atom. The maximum absolute atomic E-state index is 12.9. The summed E-state index contributed by atoms with van der Waals surface area (Å²) in [4.78, 5) is 2.10. The van der Waals surface area contributed by atoms with E-state index in [9.17, 15) is 13.2 Å². The Kier molecular flexibility index (Phi) is 8.80. The van der Waals surface area contributed by atoms with Gasteiger partial charge in [0, 0.05) is 26.2 Å². The molecule has 0 radical (unpaired) electrons. The Balaban J connectivity index is 0.00000220. The number of nitrogens with one attached hydrogen (secondary N) is 1. The largest absolute Gasteiger partial charge is 0.417 e. The first-order valence-electron chi connectivity index (χ1n) is 6.37. The highest BCUT2D eigenvalue weighted by Gasteiger charge is 2.34. The first-order valence-corrected chi connectivity index (χ1v) is 6.75. The lowest BCUT2D eigenvalue weighted by Crippen LogP contribution is -2.44. The molecule has 1 aliphatic rings. The molecule has 0 aromatic heterocycles. The van der Waals surface area contributed by atoms with Crippen molar-refractivity contribution in [2.45, 2.75) is 12.2 Å². The standard InChI is InChI=1S/C14H16ClF3N2.2ClH/c1-2-13(20-7-5-19-6-8-20)10-3-4-12(15)11(9-10)14(16,17)18;;/h2-4,9,13,19H,1,5-8H2;2*1H/t13-;;/m1../s1. The van der Waals surface area contributed by atoms with Gasteiger partial charge in [-0.3, -0.25) is 4.90 Å². The van der Waals surface area contributed by atoms with Crippen LogP contribution in [-0.2, 0) is 6.18 Å². The third-order valence-electron chi connectivity index (χ3n) is 3.41. The fourth-order valence-corrected chi connectivity index (χ4v) is 2.63. The number of rotatable bonds is 3. The number of nitrogens with zero attached hydrogens (tertiary/aromatic N) is 1. The van der Waals surface area contributed by atoms with E-state index in [2.05, 4.69) is 16.8 Å². The van der Waals surface area contributed by atoms with Gasteiger partial charge in [-0.2, -0.15) is 13.2 Å². The van der Waals surface area contributed by atoms with Crippen molar-refractivity contribution in [2.75, 3.05) is 26.2 Å². The molecule has 1 aromatic rings. The normalized spacial score (nSPS) is 17.1. The molecule has 1 N–H and O–H groups in total. The third-order valence-corrected chi connectivity index (χ3v) is 3.74. The maximum Gasteiger partial charge on any atom is 0.417 e. The maximum atomic E-state index is 12.9. The van der Waals surface area contributed by atoms with Gasteiger partial charge in [0.15, 0.2) is 0 Å². The van der Waals surface area contributed by atoms with Gasteiger partial charge in [0.2, 0.25) is 0 Å². The van der Waals surface area contributed by atoms with Crippen molar-refractivity contribution in [1.29, 1.82) is 0 Å². The topological polar surface area (TPSA) is 15.3 Å². The molecule has 1 heterocycles. The molecule has 2 nitrogen and oxygen atoms in total. The third kappa shape index (κ3) is 5.03. The summed E-state index contributed by atoms with van der Waals surface area (Å²) in [5.41, 5.74) is -0.225. The molecule has 0 aliphatic carbocycles. The lowest BCUT2D eigenvalue weighted by atomic mass is 10.0. The zero-order chi connectivity index (χ0) is 14.8. The zero-order valence-corrected chi connectivity index (χ0v) is 14.1. The Hall–Kier alpha value is -0.460. The molecular weight excluding hydrogens is 360 g/mol. The van der Waals surface area contributed by atoms with Crippen LogP contribution in [0.25, 0.3) is 0 Å². The molecule has 1 saturated heterocycles. The van der Waals surface area contributed by atoms with Crippen LogP contribution in [0, 0.1) is 0 Å². The summed E-state index contributed by atoms with van der Waals surface area (Å²) in [6.45, 7) is 6.95. The van der Waals surface area contributed by atoms with Gasteiger partial charge in [-0.25, -0.2) is 0 Å². The minimum absolute atomic E-state index is 0. The van der Waals surface area contributed by atoms with Gasteiger partial charge in [-0.15, -0.1) is 31.4 Å². The number of hydrogen-bond donors (Lipinski definition) is 1. The molecule has 1 aromatic carbocycles. The number of hydrogen-bond acceptors (Lipinski definition) is 2. The number of benzene rings is 1. The van der Waals surface area contributed by atoms with Gasteiger partial charge < -0.3 is 5.32 Å². The van der Waals surface area contributed by atoms with E-state index in [1.807, 2.05) is 0 Å². The van der Waals surface area contributed by atoms with Crippen LogP contribution in [0.15, 0.2) is 30.9 Å². The van der Waals surface area contributed by atoms with E-state index in [1.54, 1.807) is 12.1 Å². The average Bonchev–Trinajstić information content (AvgIpc) is 2.41. The van der Waals surface area contributed by atoms with Gasteiger partial charge in [-0.1, -0.05) is 23.7 Å². The Morgan fingerprint density at radius 1 is 1.23 bits per heavy atom. The monoisotopic (exact) mass is 376 g/mol. The summed E-state index contributed by atoms with van der Waals surface area (Å²) in [6.07, 6.45) is -2.77. The fraction of sp³-hybridized carbons (Fsp3) is 0.429. The summed E-state index contributed by atoms with van der Waals surface area (Å²) in [7, 11) is 0. The van der Waals surface area contributed by atoms with Crippen LogP contribution >= 0.6 is 36.4 Å². The van der Waals surface area contributed by atoms with E-state index in [0.717, 1.165) is 32.2 Å². The fourth-order valence-electron chi connectivity index (χ4n) is 2.40. The second-order valence-corrected chi connectivity index (χ2v) is 5.11. The molecule has 0 bridgehead atoms. The van der Waals surface area contributed by atoms with Crippen LogP contribution in [0.3, 0.4) is 0 Å². The van der Waals surface area contributed by atoms with E-state index in [4.69, 9.17) is 11.6 Å². The summed E-state index contributed by atoms with van der Waals surface area (Å²) in [5, 5.41) is 2.94. The SMILES string of the molecule is C=C[C@H](c1ccc(Cl)c(C(F)(F)F)c1)N1CCNCC1.Cl.Cl. The van der Waals surface area contributed by atoms with Crippen LogP contribution in [0.4, 0.5) is 13.2 Å². The van der Waals surface area contributed by atoms with Crippen LogP contribution in [0.1, 0.15) is 17.2 Å². The van der Waals surface area contributed by atoms with Crippen molar-refractivity contribution in [1.82, 2.24) is 10.2 Å². The first-order chi connectivity index (χ1) is 9.43. The van der Waals surface area contributed by atoms with Crippen molar-refractivity contribution in [2.24, 2.45) is 0 Å². The van der Waals surface area contributed by atoms with Gasteiger partial charge in [-0.05, 0) is 17.7 Å². The van der Waals surface area contributed by atoms with E-state index in [0.29, 0.717) is 5.56 Å². The highest BCUT2D eigenvalue weighted by Crippen LogP contribution is 2.37. The molecule has 0 spiro atoms. The molecule has 2 rings (SSSR count). The average molecular weight is 378 g/mol. The minimum atomic E-state index is -4.44. The van der Waals surface area contributed by atoms with Crippen molar-refractivity contribution < 1.29 is 13.2 Å². The highest BCUT2D eigenvalue weighted by molar-refractivity contribution is 6.31. The summed E-state index contributed by atoms with van der Waals surface area (Å²) >= 11 is 5.65. The molecule has 0 saturated carbocycles. The van der Waals surface area contributed by atoms with Gasteiger partial charge in [0.25, 0.3) is 0 Å². The predicted octanol–water partition coefficient (Wildman–Crippen LogP) is 4.33. The van der Waals surface area contributed by atoms with Crippen molar-refractivity contribution >= 4 is 36.4 Å². The number of piperazine rings is 1. The van der Waals surface area contributed by atoms with Crippen LogP contribution in [0.2, 0.25) is 5.02 Å². The molecule has 0 amide bonds. The molecule has 1 fully saturated rings. The zero-order valence-electron chi connectivity index (χ0n) is 11.7. The summed E-state index contributed by atoms with van der Waals surface area (Å²) < 4.78 is 38.7. The molecule has 8 heteroatoms. The Labute approximate surface area is 145 Å². The predicted molar refractivity (Wildman–Crippen MR) is 88.3 cm³/mol. The Bertz CT molecular complexity index is 489. The van der Waals surface area contributed by atoms with E-state index in [1.165, 1.54) is 6.07 Å². The van der Waals surface area contributed by atoms with Gasteiger partial charge in [0.1, 0.15) is 0 Å². The van der Waals surface area contributed by atoms with E-state index in [-0.39, 0.29) is 35.9 Å². The number of halogens is 6. The quantitative estimate of drug-likeness (QED) is 0.789. The minimum Gasteiger partial charge on any atom is -0.314 e. The molecule has 0 unspecified atom stereocenters. The van der Waals surface area contributed by atoms with E-state index < -0.39 is 11.7 Å². The lowest BCUT2D eigenvalue weighted by Gasteiger charge is -2.33. The second kappa shape index (κ2) is 8.99. The molecular formula is C14H18Cl3F3N2. The van der Waals surface area contributed by atoms with Crippen molar-refractivity contribution in [3.63, 3.8) is 0 Å². The summed E-state index contributed by atoms with van der Waals surface area (Å²) in [5.74, 6) is 0. The van der Waals surface area contributed by atoms with Crippen LogP contribution < -0.4 is 5.32 Å². The summed E-state index contributed by atoms with van der Waals surface area (Å²) in [6, 6.07) is 3.83. The molecule has 22 heavy (non-hydrogen) atoms. The van der Waals surface area contributed by atoms with Crippen molar-refractivity contribution in [3.8, 4) is 0 Å². The van der Waals surface area contributed by atoms with Crippen LogP contribution in [0.5, 0.6) is 0 Å². The highest BCUT2D eigenvalue weighted by atomic mass is 35.5. The van der Waals surface area contributed by atoms with Crippen LogP contribution in [-0.4, -0.2) is 31.1 Å².